The van der Waals surface area contributed by atoms with Crippen LogP contribution in [0.4, 0.5) is 0 Å². The molecule has 0 aromatic rings. The van der Waals surface area contributed by atoms with Crippen molar-refractivity contribution in [3.8, 4) is 0 Å². The predicted molar refractivity (Wildman–Crippen MR) is 230 cm³/mol. The Bertz CT molecular complexity index is 1150. The molecule has 0 heterocycles. The van der Waals surface area contributed by atoms with Gasteiger partial charge in [0.25, 0.3) is 10.1 Å². The highest BCUT2D eigenvalue weighted by Gasteiger charge is 2.24. The molecule has 0 saturated carbocycles. The van der Waals surface area contributed by atoms with Crippen molar-refractivity contribution in [1.29, 1.82) is 0 Å². The molecule has 2 unspecified atom stereocenters. The zero-order chi connectivity index (χ0) is 38.9. The minimum absolute atomic E-state index is 0.205. The molecule has 0 aromatic carbocycles. The summed E-state index contributed by atoms with van der Waals surface area (Å²) in [5.41, 5.74) is 0. The Morgan fingerprint density at radius 1 is 0.528 bits per heavy atom. The van der Waals surface area contributed by atoms with Gasteiger partial charge in [-0.05, 0) is 70.6 Å². The molecule has 0 fully saturated rings. The molecule has 0 aliphatic rings. The second kappa shape index (κ2) is 39.2. The van der Waals surface area contributed by atoms with Crippen LogP contribution in [0.25, 0.3) is 0 Å². The Hall–Kier alpha value is -2.48. The molecule has 0 bridgehead atoms. The van der Waals surface area contributed by atoms with Gasteiger partial charge in [-0.25, -0.2) is 0 Å². The van der Waals surface area contributed by atoms with E-state index in [0.29, 0.717) is 12.8 Å². The molecule has 7 heteroatoms. The summed E-state index contributed by atoms with van der Waals surface area (Å²) in [6.07, 6.45) is 57.3. The van der Waals surface area contributed by atoms with Gasteiger partial charge < -0.3 is 10.4 Å². The maximum Gasteiger partial charge on any atom is 0.267 e. The van der Waals surface area contributed by atoms with Crippen LogP contribution in [0.1, 0.15) is 181 Å². The molecular formula is C46H79NO5S. The molecule has 2 atom stereocenters. The van der Waals surface area contributed by atoms with Crippen LogP contribution >= 0.6 is 0 Å². The summed E-state index contributed by atoms with van der Waals surface area (Å²) in [6.45, 7) is 4.41. The second-order valence-corrected chi connectivity index (χ2v) is 15.7. The fraction of sp³-hybridized carbons (Fsp3) is 0.674. The highest BCUT2D eigenvalue weighted by Crippen LogP contribution is 2.14. The SMILES string of the molecule is CC/C=C\C/C=C\C/C=C\C/C=C\C/C=C\CCCC(=O)NC(CS(=O)(=O)O)C(O)/C=C/CC/C=C/CCCCCCCCCCCCCCCCC. The molecule has 0 aromatic heterocycles. The molecule has 53 heavy (non-hydrogen) atoms. The Labute approximate surface area is 326 Å². The number of hydrogen-bond donors (Lipinski definition) is 3. The number of rotatable bonds is 37. The standard InChI is InChI=1S/C46H79NO5S/c1-3-5-7-9-11-13-15-17-19-21-22-23-24-26-27-29-31-33-35-37-39-41-45(48)44(43-53(50,51)52)47-46(49)42-40-38-36-34-32-30-28-25-20-18-16-14-12-10-8-6-4-2/h6,8,12,14,18,20,28,30-31,33-34,36,39,41,44-45,48H,3-5,7,9-11,13,15-17,19,21-27,29,32,35,37-38,40,42-43H2,1-2H3,(H,47,49)(H,50,51,52)/b8-6-,14-12-,20-18-,30-28-,33-31+,36-34-,41-39+. The molecule has 0 radical (unpaired) electrons. The third-order valence-electron chi connectivity index (χ3n) is 9.06. The van der Waals surface area contributed by atoms with Crippen molar-refractivity contribution >= 4 is 16.0 Å². The lowest BCUT2D eigenvalue weighted by atomic mass is 10.0. The lowest BCUT2D eigenvalue weighted by molar-refractivity contribution is -0.122. The zero-order valence-electron chi connectivity index (χ0n) is 33.9. The van der Waals surface area contributed by atoms with Gasteiger partial charge in [0.05, 0.1) is 17.9 Å². The first kappa shape index (κ1) is 50.5. The molecule has 304 valence electrons. The van der Waals surface area contributed by atoms with Crippen LogP contribution in [0.2, 0.25) is 0 Å². The fourth-order valence-corrected chi connectivity index (χ4v) is 6.65. The Kier molecular flexibility index (Phi) is 37.4. The highest BCUT2D eigenvalue weighted by atomic mass is 32.2. The van der Waals surface area contributed by atoms with Crippen LogP contribution in [0, 0.1) is 0 Å². The Morgan fingerprint density at radius 3 is 1.42 bits per heavy atom. The van der Waals surface area contributed by atoms with Gasteiger partial charge in [0.1, 0.15) is 0 Å². The van der Waals surface area contributed by atoms with E-state index < -0.39 is 28.0 Å². The van der Waals surface area contributed by atoms with Crippen molar-refractivity contribution in [1.82, 2.24) is 5.32 Å². The molecular weight excluding hydrogens is 679 g/mol. The molecule has 1 amide bonds. The number of unbranched alkanes of at least 4 members (excludes halogenated alkanes) is 17. The quantitative estimate of drug-likeness (QED) is 0.0332. The summed E-state index contributed by atoms with van der Waals surface area (Å²) in [6, 6.07) is -1.11. The Morgan fingerprint density at radius 2 is 0.925 bits per heavy atom. The van der Waals surface area contributed by atoms with Crippen molar-refractivity contribution in [2.45, 2.75) is 193 Å². The first-order chi connectivity index (χ1) is 25.8. The van der Waals surface area contributed by atoms with E-state index in [4.69, 9.17) is 0 Å². The van der Waals surface area contributed by atoms with Crippen LogP contribution < -0.4 is 5.32 Å². The Balaban J connectivity index is 4.05. The molecule has 0 aliphatic carbocycles. The monoisotopic (exact) mass is 758 g/mol. The average Bonchev–Trinajstić information content (AvgIpc) is 3.12. The summed E-state index contributed by atoms with van der Waals surface area (Å²) in [4.78, 5) is 12.5. The third-order valence-corrected chi connectivity index (χ3v) is 9.84. The number of carbonyl (C=O) groups excluding carboxylic acids is 1. The third kappa shape index (κ3) is 40.5. The van der Waals surface area contributed by atoms with E-state index in [2.05, 4.69) is 86.0 Å². The van der Waals surface area contributed by atoms with Gasteiger partial charge >= 0.3 is 0 Å². The summed E-state index contributed by atoms with van der Waals surface area (Å²) >= 11 is 0. The van der Waals surface area contributed by atoms with E-state index in [1.165, 1.54) is 102 Å². The minimum atomic E-state index is -4.38. The molecule has 6 nitrogen and oxygen atoms in total. The van der Waals surface area contributed by atoms with E-state index in [1.807, 2.05) is 6.08 Å². The van der Waals surface area contributed by atoms with Crippen LogP contribution in [0.3, 0.4) is 0 Å². The van der Waals surface area contributed by atoms with Crippen LogP contribution in [0.5, 0.6) is 0 Å². The van der Waals surface area contributed by atoms with E-state index in [1.54, 1.807) is 6.08 Å². The van der Waals surface area contributed by atoms with Crippen molar-refractivity contribution in [3.05, 3.63) is 85.1 Å². The van der Waals surface area contributed by atoms with Crippen molar-refractivity contribution in [2.24, 2.45) is 0 Å². The topological polar surface area (TPSA) is 104 Å². The molecule has 0 aliphatic heterocycles. The molecule has 0 saturated heterocycles. The van der Waals surface area contributed by atoms with E-state index in [9.17, 15) is 22.9 Å². The highest BCUT2D eigenvalue weighted by molar-refractivity contribution is 7.85. The largest absolute Gasteiger partial charge is 0.387 e. The normalized spacial score (nSPS) is 14.1. The zero-order valence-corrected chi connectivity index (χ0v) is 34.7. The van der Waals surface area contributed by atoms with Gasteiger partial charge in [0.15, 0.2) is 0 Å². The second-order valence-electron chi connectivity index (χ2n) is 14.2. The van der Waals surface area contributed by atoms with Gasteiger partial charge in [-0.3, -0.25) is 9.35 Å². The summed E-state index contributed by atoms with van der Waals surface area (Å²) in [5.74, 6) is -1.08. The van der Waals surface area contributed by atoms with Gasteiger partial charge in [-0.1, -0.05) is 189 Å². The van der Waals surface area contributed by atoms with Crippen molar-refractivity contribution in [3.63, 3.8) is 0 Å². The van der Waals surface area contributed by atoms with Gasteiger partial charge in [0, 0.05) is 6.42 Å². The number of aliphatic hydroxyl groups excluding tert-OH is 1. The average molecular weight is 758 g/mol. The molecule has 0 rings (SSSR count). The number of aliphatic hydroxyl groups is 1. The lowest BCUT2D eigenvalue weighted by Crippen LogP contribution is -2.46. The van der Waals surface area contributed by atoms with Crippen molar-refractivity contribution in [2.75, 3.05) is 5.75 Å². The first-order valence-electron chi connectivity index (χ1n) is 21.3. The summed E-state index contributed by atoms with van der Waals surface area (Å²) < 4.78 is 32.5. The van der Waals surface area contributed by atoms with E-state index in [-0.39, 0.29) is 12.3 Å². The van der Waals surface area contributed by atoms with Crippen molar-refractivity contribution < 1.29 is 22.9 Å². The van der Waals surface area contributed by atoms with Crippen LogP contribution in [-0.2, 0) is 14.9 Å². The maximum atomic E-state index is 12.5. The van der Waals surface area contributed by atoms with Gasteiger partial charge in [0.2, 0.25) is 5.91 Å². The number of carbonyl (C=O) groups is 1. The summed E-state index contributed by atoms with van der Waals surface area (Å²) in [5, 5.41) is 13.2. The molecule has 3 N–H and O–H groups in total. The number of nitrogens with one attached hydrogen (secondary N) is 1. The number of hydrogen-bond acceptors (Lipinski definition) is 4. The molecule has 0 spiro atoms. The fourth-order valence-electron chi connectivity index (χ4n) is 5.91. The smallest absolute Gasteiger partial charge is 0.267 e. The minimum Gasteiger partial charge on any atom is -0.387 e. The van der Waals surface area contributed by atoms with E-state index in [0.717, 1.165) is 51.4 Å². The first-order valence-corrected chi connectivity index (χ1v) is 22.9. The number of amides is 1. The number of allylic oxidation sites excluding steroid dienone is 13. The van der Waals surface area contributed by atoms with Gasteiger partial charge in [-0.2, -0.15) is 8.42 Å². The van der Waals surface area contributed by atoms with E-state index >= 15 is 0 Å². The maximum absolute atomic E-state index is 12.5. The summed E-state index contributed by atoms with van der Waals surface area (Å²) in [7, 11) is -4.38. The predicted octanol–water partition coefficient (Wildman–Crippen LogP) is 12.8. The van der Waals surface area contributed by atoms with Crippen LogP contribution in [0.15, 0.2) is 85.1 Å². The van der Waals surface area contributed by atoms with Gasteiger partial charge in [-0.15, -0.1) is 0 Å². The lowest BCUT2D eigenvalue weighted by Gasteiger charge is -2.21. The van der Waals surface area contributed by atoms with Crippen LogP contribution in [-0.4, -0.2) is 41.9 Å².